The monoisotopic (exact) mass is 329 g/mol. The second kappa shape index (κ2) is 5.89. The molecule has 2 aliphatic rings. The number of likely N-dealkylation sites (tertiary alicyclic amines) is 1. The zero-order chi connectivity index (χ0) is 15.8. The van der Waals surface area contributed by atoms with Crippen molar-refractivity contribution in [1.82, 2.24) is 4.90 Å². The molecular weight excluding hydrogens is 310 g/mol. The molecule has 2 aliphatic heterocycles. The zero-order valence-electron chi connectivity index (χ0n) is 13.1. The van der Waals surface area contributed by atoms with Gasteiger partial charge in [-0.05, 0) is 54.7 Å². The van der Waals surface area contributed by atoms with Crippen molar-refractivity contribution in [2.45, 2.75) is 19.8 Å². The van der Waals surface area contributed by atoms with E-state index in [0.29, 0.717) is 5.92 Å². The van der Waals surface area contributed by atoms with Gasteiger partial charge >= 0.3 is 0 Å². The molecule has 5 heteroatoms. The Kier molecular flexibility index (Phi) is 3.73. The predicted octanol–water partition coefficient (Wildman–Crippen LogP) is 4.02. The van der Waals surface area contributed by atoms with E-state index in [-0.39, 0.29) is 12.7 Å². The summed E-state index contributed by atoms with van der Waals surface area (Å²) in [7, 11) is 0. The molecule has 1 saturated heterocycles. The van der Waals surface area contributed by atoms with Gasteiger partial charge in [-0.1, -0.05) is 6.92 Å². The highest BCUT2D eigenvalue weighted by molar-refractivity contribution is 7.17. The summed E-state index contributed by atoms with van der Waals surface area (Å²) >= 11 is 1.55. The molecular formula is C18H19NO3S. The van der Waals surface area contributed by atoms with Crippen molar-refractivity contribution >= 4 is 17.2 Å². The molecule has 1 fully saturated rings. The highest BCUT2D eigenvalue weighted by Gasteiger charge is 2.23. The van der Waals surface area contributed by atoms with Crippen LogP contribution in [0.5, 0.6) is 11.5 Å². The van der Waals surface area contributed by atoms with E-state index in [9.17, 15) is 4.79 Å². The lowest BCUT2D eigenvalue weighted by Crippen LogP contribution is -2.38. The third-order valence-corrected chi connectivity index (χ3v) is 5.54. The first kappa shape index (κ1) is 14.6. The van der Waals surface area contributed by atoms with E-state index in [1.165, 1.54) is 6.42 Å². The number of hydrogen-bond donors (Lipinski definition) is 0. The molecule has 1 unspecified atom stereocenters. The van der Waals surface area contributed by atoms with E-state index in [0.717, 1.165) is 46.3 Å². The van der Waals surface area contributed by atoms with E-state index in [2.05, 4.69) is 6.92 Å². The summed E-state index contributed by atoms with van der Waals surface area (Å²) in [6.07, 6.45) is 2.32. The molecule has 0 spiro atoms. The summed E-state index contributed by atoms with van der Waals surface area (Å²) in [6, 6.07) is 9.86. The molecule has 23 heavy (non-hydrogen) atoms. The smallest absolute Gasteiger partial charge is 0.263 e. The second-order valence-corrected chi connectivity index (χ2v) is 7.31. The standard InChI is InChI=1S/C18H19NO3S/c1-12-3-2-8-19(10-12)18(20)17-7-6-16(23-17)13-4-5-14-15(9-13)22-11-21-14/h4-7,9,12H,2-3,8,10-11H2,1H3. The van der Waals surface area contributed by atoms with Crippen molar-refractivity contribution in [3.63, 3.8) is 0 Å². The van der Waals surface area contributed by atoms with Crippen LogP contribution >= 0.6 is 11.3 Å². The fourth-order valence-electron chi connectivity index (χ4n) is 3.19. The van der Waals surface area contributed by atoms with E-state index >= 15 is 0 Å². The molecule has 2 aromatic rings. The topological polar surface area (TPSA) is 38.8 Å². The molecule has 0 bridgehead atoms. The molecule has 0 radical (unpaired) electrons. The van der Waals surface area contributed by atoms with Gasteiger partial charge in [-0.2, -0.15) is 0 Å². The molecule has 1 amide bonds. The van der Waals surface area contributed by atoms with Crippen molar-refractivity contribution < 1.29 is 14.3 Å². The maximum Gasteiger partial charge on any atom is 0.263 e. The van der Waals surface area contributed by atoms with Crippen LogP contribution in [0.2, 0.25) is 0 Å². The molecule has 0 saturated carbocycles. The normalized spacial score (nSPS) is 19.9. The Morgan fingerprint density at radius 2 is 2.09 bits per heavy atom. The molecule has 3 heterocycles. The average Bonchev–Trinajstić information content (AvgIpc) is 3.22. The highest BCUT2D eigenvalue weighted by Crippen LogP contribution is 2.38. The first-order valence-electron chi connectivity index (χ1n) is 8.00. The van der Waals surface area contributed by atoms with Crippen LogP contribution in [0.4, 0.5) is 0 Å². The molecule has 0 aliphatic carbocycles. The van der Waals surface area contributed by atoms with Crippen molar-refractivity contribution in [2.24, 2.45) is 5.92 Å². The van der Waals surface area contributed by atoms with E-state index in [1.54, 1.807) is 11.3 Å². The molecule has 120 valence electrons. The Labute approximate surface area is 139 Å². The Morgan fingerprint density at radius 1 is 1.22 bits per heavy atom. The van der Waals surface area contributed by atoms with Gasteiger partial charge < -0.3 is 14.4 Å². The van der Waals surface area contributed by atoms with Crippen LogP contribution in [0.1, 0.15) is 29.4 Å². The van der Waals surface area contributed by atoms with E-state index < -0.39 is 0 Å². The number of thiophene rings is 1. The van der Waals surface area contributed by atoms with Crippen molar-refractivity contribution in [3.05, 3.63) is 35.2 Å². The molecule has 1 aromatic heterocycles. The number of rotatable bonds is 2. The first-order valence-corrected chi connectivity index (χ1v) is 8.81. The number of carbonyl (C=O) groups excluding carboxylic acids is 1. The van der Waals surface area contributed by atoms with Crippen LogP contribution in [-0.2, 0) is 0 Å². The van der Waals surface area contributed by atoms with Gasteiger partial charge in [0.2, 0.25) is 6.79 Å². The number of piperidine rings is 1. The molecule has 1 aromatic carbocycles. The van der Waals surface area contributed by atoms with Gasteiger partial charge in [-0.3, -0.25) is 4.79 Å². The van der Waals surface area contributed by atoms with Crippen LogP contribution in [0.3, 0.4) is 0 Å². The maximum absolute atomic E-state index is 12.7. The summed E-state index contributed by atoms with van der Waals surface area (Å²) < 4.78 is 10.8. The fourth-order valence-corrected chi connectivity index (χ4v) is 4.16. The van der Waals surface area contributed by atoms with E-state index in [1.807, 2.05) is 35.2 Å². The maximum atomic E-state index is 12.7. The van der Waals surface area contributed by atoms with Crippen LogP contribution in [-0.4, -0.2) is 30.7 Å². The lowest BCUT2D eigenvalue weighted by atomic mass is 10.0. The number of hydrogen-bond acceptors (Lipinski definition) is 4. The van der Waals surface area contributed by atoms with Crippen LogP contribution in [0.25, 0.3) is 10.4 Å². The van der Waals surface area contributed by atoms with Gasteiger partial charge in [0.25, 0.3) is 5.91 Å². The quantitative estimate of drug-likeness (QED) is 0.835. The lowest BCUT2D eigenvalue weighted by Gasteiger charge is -2.30. The third kappa shape index (κ3) is 2.81. The van der Waals surface area contributed by atoms with Crippen molar-refractivity contribution in [2.75, 3.05) is 19.9 Å². The third-order valence-electron chi connectivity index (χ3n) is 4.42. The summed E-state index contributed by atoms with van der Waals surface area (Å²) in [4.78, 5) is 16.6. The number of amides is 1. The minimum absolute atomic E-state index is 0.161. The number of fused-ring (bicyclic) bond motifs is 1. The Bertz CT molecular complexity index is 740. The molecule has 0 N–H and O–H groups in total. The van der Waals surface area contributed by atoms with Gasteiger partial charge in [0, 0.05) is 18.0 Å². The Morgan fingerprint density at radius 3 is 2.96 bits per heavy atom. The van der Waals surface area contributed by atoms with Crippen molar-refractivity contribution in [3.8, 4) is 21.9 Å². The zero-order valence-corrected chi connectivity index (χ0v) is 13.9. The van der Waals surface area contributed by atoms with Gasteiger partial charge in [0.1, 0.15) is 0 Å². The van der Waals surface area contributed by atoms with Gasteiger partial charge in [-0.15, -0.1) is 11.3 Å². The summed E-state index contributed by atoms with van der Waals surface area (Å²) in [5.74, 6) is 2.31. The predicted molar refractivity (Wildman–Crippen MR) is 90.2 cm³/mol. The molecule has 1 atom stereocenters. The summed E-state index contributed by atoms with van der Waals surface area (Å²) in [6.45, 7) is 4.24. The van der Waals surface area contributed by atoms with Gasteiger partial charge in [0.05, 0.1) is 4.88 Å². The van der Waals surface area contributed by atoms with Crippen LogP contribution in [0, 0.1) is 5.92 Å². The van der Waals surface area contributed by atoms with Crippen LogP contribution in [0.15, 0.2) is 30.3 Å². The molecule has 4 nitrogen and oxygen atoms in total. The minimum Gasteiger partial charge on any atom is -0.454 e. The van der Waals surface area contributed by atoms with E-state index in [4.69, 9.17) is 9.47 Å². The summed E-state index contributed by atoms with van der Waals surface area (Å²) in [5.41, 5.74) is 1.06. The Hall–Kier alpha value is -2.01. The average molecular weight is 329 g/mol. The largest absolute Gasteiger partial charge is 0.454 e. The highest BCUT2D eigenvalue weighted by atomic mass is 32.1. The van der Waals surface area contributed by atoms with Gasteiger partial charge in [0.15, 0.2) is 11.5 Å². The SMILES string of the molecule is CC1CCCN(C(=O)c2ccc(-c3ccc4c(c3)OCO4)s2)C1. The fraction of sp³-hybridized carbons (Fsp3) is 0.389. The lowest BCUT2D eigenvalue weighted by molar-refractivity contribution is 0.0688. The molecule has 4 rings (SSSR count). The minimum atomic E-state index is 0.161. The second-order valence-electron chi connectivity index (χ2n) is 6.23. The first-order chi connectivity index (χ1) is 11.2. The van der Waals surface area contributed by atoms with Crippen molar-refractivity contribution in [1.29, 1.82) is 0 Å². The number of benzene rings is 1. The number of carbonyl (C=O) groups is 1. The van der Waals surface area contributed by atoms with Gasteiger partial charge in [-0.25, -0.2) is 0 Å². The summed E-state index contributed by atoms with van der Waals surface area (Å²) in [5, 5.41) is 0. The number of nitrogens with zero attached hydrogens (tertiary/aromatic N) is 1. The Balaban J connectivity index is 1.55. The number of ether oxygens (including phenoxy) is 2. The van der Waals surface area contributed by atoms with Crippen LogP contribution < -0.4 is 9.47 Å².